The number of rotatable bonds is 5. The summed E-state index contributed by atoms with van der Waals surface area (Å²) < 4.78 is 53.4. The molecular weight excluding hydrogens is 357 g/mol. The highest BCUT2D eigenvalue weighted by atomic mass is 32.2. The molecule has 0 bridgehead atoms. The Morgan fingerprint density at radius 1 is 1.32 bits per heavy atom. The second kappa shape index (κ2) is 6.62. The van der Waals surface area contributed by atoms with E-state index in [0.29, 0.717) is 5.69 Å². The molecule has 2 rings (SSSR count). The molecule has 1 unspecified atom stereocenters. The van der Waals surface area contributed by atoms with Crippen molar-refractivity contribution in [3.05, 3.63) is 50.4 Å². The van der Waals surface area contributed by atoms with E-state index in [1.807, 2.05) is 0 Å². The highest BCUT2D eigenvalue weighted by Gasteiger charge is 2.37. The second-order valence-electron chi connectivity index (χ2n) is 5.71. The summed E-state index contributed by atoms with van der Waals surface area (Å²) in [5, 5.41) is 2.68. The molecule has 0 spiro atoms. The van der Waals surface area contributed by atoms with Gasteiger partial charge in [0.25, 0.3) is 5.56 Å². The zero-order valence-electron chi connectivity index (χ0n) is 14.1. The fourth-order valence-electron chi connectivity index (χ4n) is 2.76. The van der Waals surface area contributed by atoms with Gasteiger partial charge in [0.05, 0.1) is 15.7 Å². The molecule has 0 amide bonds. The van der Waals surface area contributed by atoms with Crippen LogP contribution in [-0.2, 0) is 23.8 Å². The van der Waals surface area contributed by atoms with Crippen LogP contribution in [0.5, 0.6) is 0 Å². The number of aromatic amines is 1. The average molecular weight is 374 g/mol. The monoisotopic (exact) mass is 374 g/mol. The number of hydrogen-bond donors (Lipinski definition) is 1. The standard InChI is InChI=1S/C16H17F3N2O3S/c1-8-10(13(22)12-9(2)20-21(3)15(12)23)5-6-11(14(8)25(4)24)16(18,19)7-17/h5-6,20H,7H2,1-4H3. The van der Waals surface area contributed by atoms with Gasteiger partial charge in [0.2, 0.25) is 5.78 Å². The molecule has 0 aliphatic heterocycles. The minimum absolute atomic E-state index is 0.0246. The molecule has 0 fully saturated rings. The van der Waals surface area contributed by atoms with E-state index in [0.717, 1.165) is 16.8 Å². The number of aryl methyl sites for hydroxylation is 2. The minimum Gasteiger partial charge on any atom is -0.299 e. The summed E-state index contributed by atoms with van der Waals surface area (Å²) in [6, 6.07) is 2.00. The van der Waals surface area contributed by atoms with Crippen LogP contribution in [0.1, 0.15) is 32.7 Å². The van der Waals surface area contributed by atoms with Crippen LogP contribution in [0.4, 0.5) is 13.2 Å². The average Bonchev–Trinajstić information content (AvgIpc) is 2.78. The van der Waals surface area contributed by atoms with E-state index >= 15 is 0 Å². The van der Waals surface area contributed by atoms with Crippen LogP contribution in [-0.4, -0.2) is 32.7 Å². The van der Waals surface area contributed by atoms with Gasteiger partial charge in [0.15, 0.2) is 6.67 Å². The zero-order valence-corrected chi connectivity index (χ0v) is 14.9. The zero-order chi connectivity index (χ0) is 19.1. The Bertz CT molecular complexity index is 931. The van der Waals surface area contributed by atoms with Crippen LogP contribution in [0.2, 0.25) is 0 Å². The number of ketones is 1. The molecule has 1 N–H and O–H groups in total. The Morgan fingerprint density at radius 2 is 1.92 bits per heavy atom. The first kappa shape index (κ1) is 19.2. The molecule has 25 heavy (non-hydrogen) atoms. The number of halogens is 3. The van der Waals surface area contributed by atoms with E-state index in [1.54, 1.807) is 0 Å². The third kappa shape index (κ3) is 3.20. The van der Waals surface area contributed by atoms with Crippen molar-refractivity contribution in [2.45, 2.75) is 24.7 Å². The number of nitrogens with zero attached hydrogens (tertiary/aromatic N) is 1. The highest BCUT2D eigenvalue weighted by Crippen LogP contribution is 2.35. The summed E-state index contributed by atoms with van der Waals surface area (Å²) in [6.45, 7) is 0.949. The molecule has 1 aromatic carbocycles. The maximum absolute atomic E-state index is 13.8. The highest BCUT2D eigenvalue weighted by molar-refractivity contribution is 7.84. The van der Waals surface area contributed by atoms with Crippen LogP contribution >= 0.6 is 0 Å². The van der Waals surface area contributed by atoms with Crippen LogP contribution < -0.4 is 5.56 Å². The predicted octanol–water partition coefficient (Wildman–Crippen LogP) is 2.36. The lowest BCUT2D eigenvalue weighted by Gasteiger charge is -2.19. The predicted molar refractivity (Wildman–Crippen MR) is 87.6 cm³/mol. The smallest absolute Gasteiger partial charge is 0.299 e. The summed E-state index contributed by atoms with van der Waals surface area (Å²) in [7, 11) is -0.438. The fourth-order valence-corrected chi connectivity index (χ4v) is 3.82. The summed E-state index contributed by atoms with van der Waals surface area (Å²) >= 11 is 0. The maximum atomic E-state index is 13.8. The van der Waals surface area contributed by atoms with Crippen molar-refractivity contribution in [2.75, 3.05) is 12.9 Å². The Hall–Kier alpha value is -2.16. The van der Waals surface area contributed by atoms with Gasteiger partial charge in [-0.15, -0.1) is 0 Å². The van der Waals surface area contributed by atoms with Gasteiger partial charge < -0.3 is 0 Å². The second-order valence-corrected chi connectivity index (χ2v) is 7.03. The van der Waals surface area contributed by atoms with Gasteiger partial charge in [-0.05, 0) is 19.4 Å². The van der Waals surface area contributed by atoms with E-state index in [-0.39, 0.29) is 21.6 Å². The summed E-state index contributed by atoms with van der Waals surface area (Å²) in [6.07, 6.45) is 1.18. The SMILES string of the molecule is Cc1[nH]n(C)c(=O)c1C(=O)c1ccc(C(F)(F)CF)c(S(C)=O)c1C. The quantitative estimate of drug-likeness (QED) is 0.817. The molecule has 1 heterocycles. The minimum atomic E-state index is -3.81. The van der Waals surface area contributed by atoms with Crippen LogP contribution in [0.25, 0.3) is 0 Å². The third-order valence-electron chi connectivity index (χ3n) is 3.96. The van der Waals surface area contributed by atoms with Crippen molar-refractivity contribution < 1.29 is 22.2 Å². The number of nitrogens with one attached hydrogen (secondary N) is 1. The van der Waals surface area contributed by atoms with Crippen molar-refractivity contribution >= 4 is 16.6 Å². The first-order valence-electron chi connectivity index (χ1n) is 7.24. The van der Waals surface area contributed by atoms with E-state index in [1.165, 1.54) is 27.2 Å². The van der Waals surface area contributed by atoms with Gasteiger partial charge >= 0.3 is 5.92 Å². The lowest BCUT2D eigenvalue weighted by molar-refractivity contribution is -0.0307. The third-order valence-corrected chi connectivity index (χ3v) is 5.06. The number of carbonyl (C=O) groups is 1. The van der Waals surface area contributed by atoms with Crippen LogP contribution in [0, 0.1) is 13.8 Å². The molecule has 0 saturated carbocycles. The number of benzene rings is 1. The summed E-state index contributed by atoms with van der Waals surface area (Å²) in [4.78, 5) is 24.5. The summed E-state index contributed by atoms with van der Waals surface area (Å²) in [5.74, 6) is -4.48. The molecular formula is C16H17F3N2O3S. The Labute approximate surface area is 144 Å². The molecule has 0 aliphatic rings. The van der Waals surface area contributed by atoms with Crippen molar-refractivity contribution in [2.24, 2.45) is 7.05 Å². The van der Waals surface area contributed by atoms with E-state index in [4.69, 9.17) is 0 Å². The first-order chi connectivity index (χ1) is 11.5. The fraction of sp³-hybridized carbons (Fsp3) is 0.375. The van der Waals surface area contributed by atoms with Crippen molar-refractivity contribution in [1.29, 1.82) is 0 Å². The van der Waals surface area contributed by atoms with Gasteiger partial charge in [-0.1, -0.05) is 12.1 Å². The van der Waals surface area contributed by atoms with E-state index in [2.05, 4.69) is 5.10 Å². The molecule has 0 saturated heterocycles. The number of carbonyl (C=O) groups excluding carboxylic acids is 1. The number of aromatic nitrogens is 2. The Balaban J connectivity index is 2.73. The molecule has 9 heteroatoms. The molecule has 0 radical (unpaired) electrons. The van der Waals surface area contributed by atoms with Crippen LogP contribution in [0.15, 0.2) is 21.8 Å². The lowest BCUT2D eigenvalue weighted by Crippen LogP contribution is -2.23. The summed E-state index contributed by atoms with van der Waals surface area (Å²) in [5.41, 5.74) is -1.05. The first-order valence-corrected chi connectivity index (χ1v) is 8.80. The van der Waals surface area contributed by atoms with Crippen molar-refractivity contribution in [1.82, 2.24) is 9.78 Å². The van der Waals surface area contributed by atoms with E-state index in [9.17, 15) is 27.0 Å². The molecule has 1 aromatic heterocycles. The Morgan fingerprint density at radius 3 is 2.36 bits per heavy atom. The van der Waals surface area contributed by atoms with Crippen molar-refractivity contribution in [3.8, 4) is 0 Å². The molecule has 1 atom stereocenters. The number of alkyl halides is 3. The topological polar surface area (TPSA) is 71.9 Å². The van der Waals surface area contributed by atoms with E-state index < -0.39 is 40.3 Å². The molecule has 5 nitrogen and oxygen atoms in total. The lowest BCUT2D eigenvalue weighted by atomic mass is 9.95. The largest absolute Gasteiger partial charge is 0.302 e. The number of hydrogen-bond acceptors (Lipinski definition) is 3. The van der Waals surface area contributed by atoms with Gasteiger partial charge in [0, 0.05) is 30.1 Å². The number of H-pyrrole nitrogens is 1. The maximum Gasteiger partial charge on any atom is 0.302 e. The molecule has 136 valence electrons. The van der Waals surface area contributed by atoms with Gasteiger partial charge in [-0.3, -0.25) is 23.6 Å². The molecule has 2 aromatic rings. The van der Waals surface area contributed by atoms with Gasteiger partial charge in [-0.25, -0.2) is 4.39 Å². The molecule has 0 aliphatic carbocycles. The van der Waals surface area contributed by atoms with Gasteiger partial charge in [-0.2, -0.15) is 8.78 Å². The van der Waals surface area contributed by atoms with Crippen LogP contribution in [0.3, 0.4) is 0 Å². The Kier molecular flexibility index (Phi) is 5.08. The van der Waals surface area contributed by atoms with Crippen molar-refractivity contribution in [3.63, 3.8) is 0 Å². The normalized spacial score (nSPS) is 13.1. The van der Waals surface area contributed by atoms with Gasteiger partial charge in [0.1, 0.15) is 5.56 Å².